The molecule has 1 aromatic heterocycles. The summed E-state index contributed by atoms with van der Waals surface area (Å²) in [6, 6.07) is 3.24. The number of aryl methyl sites for hydroxylation is 2. The molecule has 0 aliphatic heterocycles. The molecular formula is C12H13BrClFN2. The van der Waals surface area contributed by atoms with Gasteiger partial charge in [-0.2, -0.15) is 0 Å². The lowest BCUT2D eigenvalue weighted by atomic mass is 10.3. The Balaban J connectivity index is 2.62. The third-order valence-corrected chi connectivity index (χ3v) is 3.43. The number of hydrogen-bond donors (Lipinski definition) is 0. The molecule has 2 aromatic rings. The molecule has 2 nitrogen and oxygen atoms in total. The second-order valence-corrected chi connectivity index (χ2v) is 5.11. The Morgan fingerprint density at radius 3 is 2.88 bits per heavy atom. The van der Waals surface area contributed by atoms with Gasteiger partial charge in [-0.05, 0) is 28.4 Å². The number of rotatable bonds is 4. The SMILES string of the molecule is CCCn1c(CCCl)nc2cc(Br)c(F)cc21. The van der Waals surface area contributed by atoms with E-state index in [1.165, 1.54) is 6.07 Å². The average Bonchev–Trinajstić information content (AvgIpc) is 2.59. The van der Waals surface area contributed by atoms with E-state index in [9.17, 15) is 4.39 Å². The van der Waals surface area contributed by atoms with Crippen LogP contribution in [0, 0.1) is 5.82 Å². The van der Waals surface area contributed by atoms with Gasteiger partial charge in [0.25, 0.3) is 0 Å². The smallest absolute Gasteiger partial charge is 0.139 e. The van der Waals surface area contributed by atoms with Crippen LogP contribution in [0.5, 0.6) is 0 Å². The van der Waals surface area contributed by atoms with E-state index < -0.39 is 0 Å². The zero-order valence-electron chi connectivity index (χ0n) is 9.51. The van der Waals surface area contributed by atoms with Gasteiger partial charge in [-0.1, -0.05) is 6.92 Å². The van der Waals surface area contributed by atoms with E-state index in [1.807, 2.05) is 4.57 Å². The zero-order valence-corrected chi connectivity index (χ0v) is 11.9. The summed E-state index contributed by atoms with van der Waals surface area (Å²) in [4.78, 5) is 4.50. The van der Waals surface area contributed by atoms with Gasteiger partial charge in [0.15, 0.2) is 0 Å². The summed E-state index contributed by atoms with van der Waals surface area (Å²) in [6.45, 7) is 2.93. The standard InChI is InChI=1S/C12H13BrClFN2/c1-2-5-17-11-7-9(15)8(13)6-10(11)16-12(17)3-4-14/h6-7H,2-5H2,1H3. The molecule has 0 unspecified atom stereocenters. The van der Waals surface area contributed by atoms with E-state index in [0.717, 1.165) is 29.8 Å². The number of imidazole rings is 1. The molecule has 0 N–H and O–H groups in total. The Kier molecular flexibility index (Phi) is 4.05. The Morgan fingerprint density at radius 2 is 2.24 bits per heavy atom. The van der Waals surface area contributed by atoms with Gasteiger partial charge in [0.05, 0.1) is 15.5 Å². The van der Waals surface area contributed by atoms with Crippen molar-refractivity contribution in [3.63, 3.8) is 0 Å². The van der Waals surface area contributed by atoms with Crippen LogP contribution < -0.4 is 0 Å². The van der Waals surface area contributed by atoms with E-state index in [-0.39, 0.29) is 5.82 Å². The molecule has 0 amide bonds. The fourth-order valence-electron chi connectivity index (χ4n) is 1.92. The molecule has 0 aliphatic carbocycles. The van der Waals surface area contributed by atoms with Crippen LogP contribution in [-0.2, 0) is 13.0 Å². The molecule has 0 aliphatic rings. The molecule has 0 spiro atoms. The summed E-state index contributed by atoms with van der Waals surface area (Å²) in [5.41, 5.74) is 1.65. The molecule has 1 heterocycles. The van der Waals surface area contributed by atoms with Crippen molar-refractivity contribution >= 4 is 38.6 Å². The number of aromatic nitrogens is 2. The normalized spacial score (nSPS) is 11.3. The summed E-state index contributed by atoms with van der Waals surface area (Å²) < 4.78 is 16.0. The summed E-state index contributed by atoms with van der Waals surface area (Å²) >= 11 is 8.94. The van der Waals surface area contributed by atoms with Crippen molar-refractivity contribution in [2.75, 3.05) is 5.88 Å². The van der Waals surface area contributed by atoms with Crippen molar-refractivity contribution in [3.05, 3.63) is 28.2 Å². The number of fused-ring (bicyclic) bond motifs is 1. The van der Waals surface area contributed by atoms with Gasteiger partial charge < -0.3 is 4.57 Å². The maximum atomic E-state index is 13.5. The molecule has 0 radical (unpaired) electrons. The molecule has 0 saturated heterocycles. The van der Waals surface area contributed by atoms with Crippen LogP contribution in [0.4, 0.5) is 4.39 Å². The van der Waals surface area contributed by atoms with Crippen LogP contribution in [-0.4, -0.2) is 15.4 Å². The Morgan fingerprint density at radius 1 is 1.47 bits per heavy atom. The predicted molar refractivity (Wildman–Crippen MR) is 72.1 cm³/mol. The molecule has 0 bridgehead atoms. The van der Waals surface area contributed by atoms with E-state index in [0.29, 0.717) is 16.8 Å². The lowest BCUT2D eigenvalue weighted by molar-refractivity contribution is 0.619. The highest BCUT2D eigenvalue weighted by Crippen LogP contribution is 2.24. The molecule has 5 heteroatoms. The lowest BCUT2D eigenvalue weighted by Crippen LogP contribution is -2.04. The summed E-state index contributed by atoms with van der Waals surface area (Å²) in [7, 11) is 0. The lowest BCUT2D eigenvalue weighted by Gasteiger charge is -2.06. The van der Waals surface area contributed by atoms with E-state index in [2.05, 4.69) is 27.8 Å². The predicted octanol–water partition coefficient (Wildman–Crippen LogP) is 4.13. The minimum absolute atomic E-state index is 0.257. The van der Waals surface area contributed by atoms with Gasteiger partial charge in [-0.25, -0.2) is 9.37 Å². The zero-order chi connectivity index (χ0) is 12.4. The summed E-state index contributed by atoms with van der Waals surface area (Å²) in [5, 5.41) is 0. The van der Waals surface area contributed by atoms with Crippen LogP contribution in [0.1, 0.15) is 19.2 Å². The first kappa shape index (κ1) is 12.8. The number of hydrogen-bond acceptors (Lipinski definition) is 1. The topological polar surface area (TPSA) is 17.8 Å². The van der Waals surface area contributed by atoms with Gasteiger partial charge in [0.2, 0.25) is 0 Å². The van der Waals surface area contributed by atoms with Gasteiger partial charge in [0, 0.05) is 24.9 Å². The summed E-state index contributed by atoms with van der Waals surface area (Å²) in [5.74, 6) is 1.19. The van der Waals surface area contributed by atoms with Crippen molar-refractivity contribution in [1.82, 2.24) is 9.55 Å². The maximum Gasteiger partial charge on any atom is 0.139 e. The van der Waals surface area contributed by atoms with Crippen LogP contribution in [0.15, 0.2) is 16.6 Å². The van der Waals surface area contributed by atoms with Crippen molar-refractivity contribution in [2.45, 2.75) is 26.3 Å². The van der Waals surface area contributed by atoms with Gasteiger partial charge >= 0.3 is 0 Å². The number of nitrogens with zero attached hydrogens (tertiary/aromatic N) is 2. The first-order chi connectivity index (χ1) is 8.17. The number of halogens is 3. The highest BCUT2D eigenvalue weighted by atomic mass is 79.9. The van der Waals surface area contributed by atoms with Crippen LogP contribution in [0.2, 0.25) is 0 Å². The van der Waals surface area contributed by atoms with E-state index >= 15 is 0 Å². The molecule has 0 atom stereocenters. The van der Waals surface area contributed by atoms with E-state index in [1.54, 1.807) is 6.07 Å². The highest BCUT2D eigenvalue weighted by molar-refractivity contribution is 9.10. The molecule has 2 rings (SSSR count). The molecule has 92 valence electrons. The van der Waals surface area contributed by atoms with Crippen LogP contribution >= 0.6 is 27.5 Å². The van der Waals surface area contributed by atoms with Gasteiger partial charge in [0.1, 0.15) is 11.6 Å². The second kappa shape index (κ2) is 5.36. The summed E-state index contributed by atoms with van der Waals surface area (Å²) in [6.07, 6.45) is 1.69. The van der Waals surface area contributed by atoms with Crippen molar-refractivity contribution < 1.29 is 4.39 Å². The van der Waals surface area contributed by atoms with Gasteiger partial charge in [-0.3, -0.25) is 0 Å². The molecule has 1 aromatic carbocycles. The molecule has 0 fully saturated rings. The first-order valence-corrected chi connectivity index (χ1v) is 6.90. The highest BCUT2D eigenvalue weighted by Gasteiger charge is 2.12. The third-order valence-electron chi connectivity index (χ3n) is 2.63. The number of alkyl halides is 1. The molecular weight excluding hydrogens is 307 g/mol. The van der Waals surface area contributed by atoms with Crippen molar-refractivity contribution in [2.24, 2.45) is 0 Å². The van der Waals surface area contributed by atoms with Crippen LogP contribution in [0.3, 0.4) is 0 Å². The average molecular weight is 320 g/mol. The monoisotopic (exact) mass is 318 g/mol. The quantitative estimate of drug-likeness (QED) is 0.775. The Bertz CT molecular complexity index is 539. The largest absolute Gasteiger partial charge is 0.328 e. The fourth-order valence-corrected chi connectivity index (χ4v) is 2.42. The minimum Gasteiger partial charge on any atom is -0.328 e. The fraction of sp³-hybridized carbons (Fsp3) is 0.417. The van der Waals surface area contributed by atoms with Crippen molar-refractivity contribution in [1.29, 1.82) is 0 Å². The van der Waals surface area contributed by atoms with E-state index in [4.69, 9.17) is 11.6 Å². The number of benzene rings is 1. The Labute approximate surface area is 113 Å². The maximum absolute atomic E-state index is 13.5. The third kappa shape index (κ3) is 2.47. The minimum atomic E-state index is -0.257. The Hall–Kier alpha value is -0.610. The first-order valence-electron chi connectivity index (χ1n) is 5.57. The second-order valence-electron chi connectivity index (χ2n) is 3.87. The molecule has 0 saturated carbocycles. The molecule has 17 heavy (non-hydrogen) atoms. The van der Waals surface area contributed by atoms with Crippen LogP contribution in [0.25, 0.3) is 11.0 Å². The van der Waals surface area contributed by atoms with Gasteiger partial charge in [-0.15, -0.1) is 11.6 Å². The van der Waals surface area contributed by atoms with Crippen molar-refractivity contribution in [3.8, 4) is 0 Å².